The van der Waals surface area contributed by atoms with E-state index in [9.17, 15) is 10.1 Å². The maximum atomic E-state index is 13.2. The average Bonchev–Trinajstić information content (AvgIpc) is 3.68. The van der Waals surface area contributed by atoms with Gasteiger partial charge in [0.1, 0.15) is 6.07 Å². The number of hydrogen-bond acceptors (Lipinski definition) is 6. The minimum atomic E-state index is -0.0549. The first-order valence-corrected chi connectivity index (χ1v) is 11.9. The minimum absolute atomic E-state index is 0.0549. The van der Waals surface area contributed by atoms with Crippen molar-refractivity contribution in [2.24, 2.45) is 17.6 Å². The third-order valence-corrected chi connectivity index (χ3v) is 7.32. The average molecular weight is 463 g/mol. The molecular weight excluding hydrogens is 436 g/mol. The van der Waals surface area contributed by atoms with Gasteiger partial charge < -0.3 is 20.9 Å². The van der Waals surface area contributed by atoms with Crippen LogP contribution in [0.25, 0.3) is 10.9 Å². The summed E-state index contributed by atoms with van der Waals surface area (Å²) in [5.41, 5.74) is 10.8. The normalized spacial score (nSPS) is 19.6. The van der Waals surface area contributed by atoms with Crippen molar-refractivity contribution in [3.63, 3.8) is 0 Å². The van der Waals surface area contributed by atoms with E-state index in [1.54, 1.807) is 12.3 Å². The summed E-state index contributed by atoms with van der Waals surface area (Å²) in [6, 6.07) is 7.78. The number of carbonyl (C=O) groups excluding carboxylic acids is 1. The Labute approximate surface area is 198 Å². The number of nitrogens with zero attached hydrogens (tertiary/aromatic N) is 4. The molecule has 1 aliphatic carbocycles. The van der Waals surface area contributed by atoms with Crippen molar-refractivity contribution in [1.29, 1.82) is 10.7 Å². The summed E-state index contributed by atoms with van der Waals surface area (Å²) < 4.78 is 0. The Morgan fingerprint density at radius 2 is 1.94 bits per heavy atom. The van der Waals surface area contributed by atoms with Crippen molar-refractivity contribution < 1.29 is 4.79 Å². The molecule has 0 atom stereocenters. The van der Waals surface area contributed by atoms with E-state index >= 15 is 0 Å². The number of nitrogens with one attached hydrogen (secondary N) is 1. The number of halogens is 1. The predicted octanol–water partition coefficient (Wildman–Crippen LogP) is 3.85. The lowest BCUT2D eigenvalue weighted by atomic mass is 9.92. The topological polar surface area (TPSA) is 110 Å². The summed E-state index contributed by atoms with van der Waals surface area (Å²) in [5, 5.41) is 19.5. The van der Waals surface area contributed by atoms with Crippen LogP contribution in [0.1, 0.15) is 37.7 Å². The van der Waals surface area contributed by atoms with Gasteiger partial charge in [0, 0.05) is 59.5 Å². The molecule has 3 aliphatic rings. The van der Waals surface area contributed by atoms with Gasteiger partial charge in [-0.2, -0.15) is 5.26 Å². The van der Waals surface area contributed by atoms with Gasteiger partial charge in [-0.15, -0.1) is 0 Å². The molecule has 3 heterocycles. The maximum absolute atomic E-state index is 13.2. The van der Waals surface area contributed by atoms with E-state index in [0.29, 0.717) is 60.5 Å². The number of amides is 1. The van der Waals surface area contributed by atoms with Gasteiger partial charge in [0.05, 0.1) is 23.3 Å². The van der Waals surface area contributed by atoms with Gasteiger partial charge in [0.2, 0.25) is 5.91 Å². The molecule has 1 saturated heterocycles. The number of carbonyl (C=O) groups is 1. The third-order valence-electron chi connectivity index (χ3n) is 7.09. The van der Waals surface area contributed by atoms with Crippen LogP contribution in [-0.2, 0) is 4.79 Å². The number of pyridine rings is 1. The van der Waals surface area contributed by atoms with Gasteiger partial charge in [-0.25, -0.2) is 0 Å². The van der Waals surface area contributed by atoms with Gasteiger partial charge in [0.25, 0.3) is 0 Å². The standard InChI is InChI=1S/C25H27ClN6O/c26-18-3-4-22-20(11-18)24(17(12-27)13-30-22)31-8-5-16(6-9-31)25(33)32-10-7-19(21(28)14-32)23(29)15-1-2-15/h3-4,11,13,15-16,29H,1-2,5-10,14,28H2. The molecule has 5 rings (SSSR count). The number of nitrogens with two attached hydrogens (primary N) is 1. The SMILES string of the molecule is N#Cc1cnc2ccc(Cl)cc2c1N1CCC(C(=O)N2CCC(C(=N)C3CC3)=C(N)C2)CC1. The highest BCUT2D eigenvalue weighted by Crippen LogP contribution is 2.36. The molecule has 2 aliphatic heterocycles. The molecule has 1 saturated carbocycles. The molecule has 1 aromatic carbocycles. The Hall–Kier alpha value is -3.11. The zero-order valence-corrected chi connectivity index (χ0v) is 19.2. The first-order valence-electron chi connectivity index (χ1n) is 11.5. The minimum Gasteiger partial charge on any atom is -0.400 e. The second kappa shape index (κ2) is 8.68. The van der Waals surface area contributed by atoms with Crippen LogP contribution in [0.4, 0.5) is 5.69 Å². The Morgan fingerprint density at radius 1 is 1.18 bits per heavy atom. The summed E-state index contributed by atoms with van der Waals surface area (Å²) >= 11 is 6.23. The highest BCUT2D eigenvalue weighted by atomic mass is 35.5. The number of aromatic nitrogens is 1. The van der Waals surface area contributed by atoms with Crippen molar-refractivity contribution in [3.8, 4) is 6.07 Å². The summed E-state index contributed by atoms with van der Waals surface area (Å²) in [5.74, 6) is 0.473. The second-order valence-corrected chi connectivity index (χ2v) is 9.69. The molecule has 170 valence electrons. The lowest BCUT2D eigenvalue weighted by molar-refractivity contribution is -0.136. The van der Waals surface area contributed by atoms with E-state index in [2.05, 4.69) is 16.0 Å². The van der Waals surface area contributed by atoms with E-state index in [0.717, 1.165) is 47.8 Å². The number of rotatable bonds is 4. The highest BCUT2D eigenvalue weighted by Gasteiger charge is 2.35. The van der Waals surface area contributed by atoms with Gasteiger partial charge in [-0.3, -0.25) is 9.78 Å². The largest absolute Gasteiger partial charge is 0.400 e. The quantitative estimate of drug-likeness (QED) is 0.670. The van der Waals surface area contributed by atoms with Crippen molar-refractivity contribution >= 4 is 39.8 Å². The summed E-state index contributed by atoms with van der Waals surface area (Å²) in [7, 11) is 0. The van der Waals surface area contributed by atoms with Crippen molar-refractivity contribution in [2.45, 2.75) is 32.1 Å². The lowest BCUT2D eigenvalue weighted by Gasteiger charge is -2.37. The highest BCUT2D eigenvalue weighted by molar-refractivity contribution is 6.31. The predicted molar refractivity (Wildman–Crippen MR) is 129 cm³/mol. The Kier molecular flexibility index (Phi) is 5.71. The summed E-state index contributed by atoms with van der Waals surface area (Å²) in [6.07, 6.45) is 5.91. The fourth-order valence-corrected chi connectivity index (χ4v) is 5.26. The number of anilines is 1. The van der Waals surface area contributed by atoms with Crippen LogP contribution in [-0.4, -0.2) is 47.7 Å². The van der Waals surface area contributed by atoms with E-state index in [1.807, 2.05) is 17.0 Å². The fourth-order valence-electron chi connectivity index (χ4n) is 5.08. The maximum Gasteiger partial charge on any atom is 0.226 e. The van der Waals surface area contributed by atoms with Gasteiger partial charge in [-0.1, -0.05) is 11.6 Å². The van der Waals surface area contributed by atoms with Gasteiger partial charge in [-0.05, 0) is 55.9 Å². The molecule has 8 heteroatoms. The smallest absolute Gasteiger partial charge is 0.226 e. The van der Waals surface area contributed by atoms with Crippen molar-refractivity contribution in [2.75, 3.05) is 31.1 Å². The third kappa shape index (κ3) is 4.16. The van der Waals surface area contributed by atoms with Gasteiger partial charge in [0.15, 0.2) is 0 Å². The molecule has 1 amide bonds. The van der Waals surface area contributed by atoms with E-state index < -0.39 is 0 Å². The van der Waals surface area contributed by atoms with Crippen molar-refractivity contribution in [1.82, 2.24) is 9.88 Å². The molecule has 7 nitrogen and oxygen atoms in total. The molecule has 1 aromatic heterocycles. The van der Waals surface area contributed by atoms with Crippen LogP contribution in [0.15, 0.2) is 35.7 Å². The van der Waals surface area contributed by atoms with Crippen LogP contribution >= 0.6 is 11.6 Å². The molecular formula is C25H27ClN6O. The number of fused-ring (bicyclic) bond motifs is 1. The first-order chi connectivity index (χ1) is 16.0. The number of benzene rings is 1. The van der Waals surface area contributed by atoms with Crippen LogP contribution in [0.3, 0.4) is 0 Å². The van der Waals surface area contributed by atoms with Crippen LogP contribution < -0.4 is 10.6 Å². The molecule has 0 unspecified atom stereocenters. The molecule has 0 bridgehead atoms. The molecule has 0 radical (unpaired) electrons. The van der Waals surface area contributed by atoms with Crippen molar-refractivity contribution in [3.05, 3.63) is 46.3 Å². The van der Waals surface area contributed by atoms with E-state index in [-0.39, 0.29) is 11.8 Å². The van der Waals surface area contributed by atoms with Crippen LogP contribution in [0.2, 0.25) is 5.02 Å². The fraction of sp³-hybridized carbons (Fsp3) is 0.440. The molecule has 2 fully saturated rings. The van der Waals surface area contributed by atoms with Crippen LogP contribution in [0.5, 0.6) is 0 Å². The number of nitriles is 1. The molecule has 3 N–H and O–H groups in total. The van der Waals surface area contributed by atoms with E-state index in [4.69, 9.17) is 22.7 Å². The number of piperidine rings is 1. The Balaban J connectivity index is 1.28. The first kappa shape index (κ1) is 21.7. The zero-order valence-electron chi connectivity index (χ0n) is 18.5. The lowest BCUT2D eigenvalue weighted by Crippen LogP contribution is -2.46. The molecule has 33 heavy (non-hydrogen) atoms. The monoisotopic (exact) mass is 462 g/mol. The van der Waals surface area contributed by atoms with Crippen LogP contribution in [0, 0.1) is 28.6 Å². The van der Waals surface area contributed by atoms with E-state index in [1.165, 1.54) is 0 Å². The number of hydrogen-bond donors (Lipinski definition) is 2. The second-order valence-electron chi connectivity index (χ2n) is 9.26. The summed E-state index contributed by atoms with van der Waals surface area (Å²) in [6.45, 7) is 2.44. The Morgan fingerprint density at radius 3 is 2.61 bits per heavy atom. The van der Waals surface area contributed by atoms with Gasteiger partial charge >= 0.3 is 0 Å². The zero-order chi connectivity index (χ0) is 23.1. The summed E-state index contributed by atoms with van der Waals surface area (Å²) in [4.78, 5) is 21.7. The molecule has 2 aromatic rings. The Bertz CT molecular complexity index is 1200. The molecule has 0 spiro atoms.